The van der Waals surface area contributed by atoms with Crippen molar-refractivity contribution < 1.29 is 13.9 Å². The maximum Gasteiger partial charge on any atom is 0.212 e. The van der Waals surface area contributed by atoms with E-state index in [0.717, 1.165) is 35.6 Å². The number of hydrogen-bond acceptors (Lipinski definition) is 6. The minimum atomic E-state index is -0.347. The van der Waals surface area contributed by atoms with Crippen LogP contribution < -0.4 is 4.74 Å². The van der Waals surface area contributed by atoms with E-state index in [2.05, 4.69) is 10.2 Å². The molecule has 0 spiro atoms. The molecule has 1 atom stereocenters. The third kappa shape index (κ3) is 3.54. The van der Waals surface area contributed by atoms with Crippen LogP contribution in [0.1, 0.15) is 17.5 Å². The van der Waals surface area contributed by atoms with Gasteiger partial charge >= 0.3 is 0 Å². The standard InChI is InChI=1S/C21H19FN4O2S/c1-13-6-7-14(10-19(13)28-15-8-9-27-11-15)18-12-29-21-24-23-20(26(21)25-18)16-4-2-3-5-17(16)22/h2-7,10,15H,8-9,11-12H2,1H3. The van der Waals surface area contributed by atoms with Gasteiger partial charge in [0.1, 0.15) is 17.7 Å². The van der Waals surface area contributed by atoms with Crippen molar-refractivity contribution in [3.05, 3.63) is 59.4 Å². The first-order valence-electron chi connectivity index (χ1n) is 9.45. The lowest BCUT2D eigenvalue weighted by Crippen LogP contribution is -2.17. The molecule has 6 nitrogen and oxygen atoms in total. The summed E-state index contributed by atoms with van der Waals surface area (Å²) in [7, 11) is 0. The van der Waals surface area contributed by atoms with Crippen LogP contribution in [0.4, 0.5) is 4.39 Å². The van der Waals surface area contributed by atoms with Gasteiger partial charge in [0.05, 0.1) is 24.5 Å². The van der Waals surface area contributed by atoms with Crippen LogP contribution in [0, 0.1) is 12.7 Å². The number of thioether (sulfide) groups is 1. The Morgan fingerprint density at radius 1 is 1.21 bits per heavy atom. The quantitative estimate of drug-likeness (QED) is 0.652. The summed E-state index contributed by atoms with van der Waals surface area (Å²) >= 11 is 1.53. The van der Waals surface area contributed by atoms with Gasteiger partial charge in [-0.25, -0.2) is 4.39 Å². The minimum absolute atomic E-state index is 0.0868. The Morgan fingerprint density at radius 3 is 2.93 bits per heavy atom. The Balaban J connectivity index is 1.50. The van der Waals surface area contributed by atoms with E-state index in [1.807, 2.05) is 25.1 Å². The van der Waals surface area contributed by atoms with E-state index in [9.17, 15) is 4.39 Å². The summed E-state index contributed by atoms with van der Waals surface area (Å²) in [6, 6.07) is 12.6. The lowest BCUT2D eigenvalue weighted by atomic mass is 10.1. The Bertz CT molecular complexity index is 1090. The van der Waals surface area contributed by atoms with E-state index in [-0.39, 0.29) is 11.9 Å². The number of ether oxygens (including phenoxy) is 2. The molecule has 5 rings (SSSR count). The van der Waals surface area contributed by atoms with E-state index in [4.69, 9.17) is 14.6 Å². The first-order chi connectivity index (χ1) is 14.2. The molecule has 0 amide bonds. The Kier molecular flexibility index (Phi) is 4.81. The molecule has 1 unspecified atom stereocenters. The number of nitrogens with zero attached hydrogens (tertiary/aromatic N) is 4. The maximum atomic E-state index is 14.3. The summed E-state index contributed by atoms with van der Waals surface area (Å²) in [5.74, 6) is 1.55. The van der Waals surface area contributed by atoms with E-state index < -0.39 is 0 Å². The Hall–Kier alpha value is -2.71. The Labute approximate surface area is 171 Å². The SMILES string of the molecule is Cc1ccc(C2=Nn3c(nnc3-c3ccccc3F)SC2)cc1OC1CCOC1. The number of fused-ring (bicyclic) bond motifs is 1. The van der Waals surface area contributed by atoms with Crippen LogP contribution in [-0.4, -0.2) is 45.7 Å². The van der Waals surface area contributed by atoms with Crippen molar-refractivity contribution in [2.75, 3.05) is 19.0 Å². The van der Waals surface area contributed by atoms with Crippen LogP contribution in [0.3, 0.4) is 0 Å². The monoisotopic (exact) mass is 410 g/mol. The summed E-state index contributed by atoms with van der Waals surface area (Å²) in [6.07, 6.45) is 0.986. The maximum absolute atomic E-state index is 14.3. The van der Waals surface area contributed by atoms with Crippen molar-refractivity contribution in [1.82, 2.24) is 14.9 Å². The fraction of sp³-hybridized carbons (Fsp3) is 0.286. The number of benzene rings is 2. The number of aromatic nitrogens is 3. The number of aryl methyl sites for hydroxylation is 1. The van der Waals surface area contributed by atoms with Gasteiger partial charge in [-0.2, -0.15) is 9.78 Å². The zero-order valence-electron chi connectivity index (χ0n) is 15.8. The first kappa shape index (κ1) is 18.3. The zero-order chi connectivity index (χ0) is 19.8. The van der Waals surface area contributed by atoms with Crippen LogP contribution in [0.15, 0.2) is 52.7 Å². The van der Waals surface area contributed by atoms with E-state index in [1.165, 1.54) is 17.8 Å². The molecule has 2 aliphatic rings. The second-order valence-corrected chi connectivity index (χ2v) is 7.96. The molecular weight excluding hydrogens is 391 g/mol. The molecule has 0 saturated carbocycles. The molecule has 8 heteroatoms. The predicted octanol–water partition coefficient (Wildman–Crippen LogP) is 3.92. The molecule has 2 aliphatic heterocycles. The third-order valence-corrected chi connectivity index (χ3v) is 5.92. The first-order valence-corrected chi connectivity index (χ1v) is 10.4. The van der Waals surface area contributed by atoms with Crippen molar-refractivity contribution in [3.63, 3.8) is 0 Å². The van der Waals surface area contributed by atoms with Gasteiger partial charge in [0.2, 0.25) is 5.16 Å². The smallest absolute Gasteiger partial charge is 0.212 e. The van der Waals surface area contributed by atoms with Crippen molar-refractivity contribution >= 4 is 17.5 Å². The van der Waals surface area contributed by atoms with Gasteiger partial charge in [-0.1, -0.05) is 36.0 Å². The number of hydrogen-bond donors (Lipinski definition) is 0. The van der Waals surface area contributed by atoms with Gasteiger partial charge in [-0.15, -0.1) is 10.2 Å². The molecule has 1 saturated heterocycles. The average molecular weight is 410 g/mol. The lowest BCUT2D eigenvalue weighted by Gasteiger charge is -2.17. The second kappa shape index (κ2) is 7.61. The number of halogens is 1. The molecule has 0 N–H and O–H groups in total. The predicted molar refractivity (Wildman–Crippen MR) is 109 cm³/mol. The molecule has 3 aromatic rings. The van der Waals surface area contributed by atoms with E-state index >= 15 is 0 Å². The third-order valence-electron chi connectivity index (χ3n) is 4.99. The van der Waals surface area contributed by atoms with Crippen LogP contribution >= 0.6 is 11.8 Å². The molecule has 148 valence electrons. The van der Waals surface area contributed by atoms with Gasteiger partial charge in [0.15, 0.2) is 5.82 Å². The summed E-state index contributed by atoms with van der Waals surface area (Å²) in [5.41, 5.74) is 3.29. The Morgan fingerprint density at radius 2 is 2.10 bits per heavy atom. The topological polar surface area (TPSA) is 61.5 Å². The average Bonchev–Trinajstić information content (AvgIpc) is 3.39. The minimum Gasteiger partial charge on any atom is -0.488 e. The van der Waals surface area contributed by atoms with Gasteiger partial charge in [0.25, 0.3) is 0 Å². The molecule has 1 fully saturated rings. The van der Waals surface area contributed by atoms with E-state index in [0.29, 0.717) is 28.9 Å². The molecule has 0 aliphatic carbocycles. The van der Waals surface area contributed by atoms with Gasteiger partial charge < -0.3 is 9.47 Å². The highest BCUT2D eigenvalue weighted by atomic mass is 32.2. The lowest BCUT2D eigenvalue weighted by molar-refractivity contribution is 0.141. The van der Waals surface area contributed by atoms with Crippen molar-refractivity contribution in [3.8, 4) is 17.1 Å². The molecule has 2 aromatic carbocycles. The van der Waals surface area contributed by atoms with Gasteiger partial charge in [0, 0.05) is 17.7 Å². The summed E-state index contributed by atoms with van der Waals surface area (Å²) in [4.78, 5) is 0. The van der Waals surface area contributed by atoms with Gasteiger partial charge in [-0.05, 0) is 30.7 Å². The number of rotatable bonds is 4. The molecule has 0 bridgehead atoms. The van der Waals surface area contributed by atoms with Crippen molar-refractivity contribution in [2.45, 2.75) is 24.6 Å². The zero-order valence-corrected chi connectivity index (χ0v) is 16.7. The second-order valence-electron chi connectivity index (χ2n) is 7.02. The fourth-order valence-electron chi connectivity index (χ4n) is 3.37. The molecule has 0 radical (unpaired) electrons. The highest BCUT2D eigenvalue weighted by Gasteiger charge is 2.23. The largest absolute Gasteiger partial charge is 0.488 e. The summed E-state index contributed by atoms with van der Waals surface area (Å²) < 4.78 is 27.4. The van der Waals surface area contributed by atoms with Crippen LogP contribution in [-0.2, 0) is 4.74 Å². The van der Waals surface area contributed by atoms with Gasteiger partial charge in [-0.3, -0.25) is 0 Å². The highest BCUT2D eigenvalue weighted by Crippen LogP contribution is 2.31. The van der Waals surface area contributed by atoms with Crippen molar-refractivity contribution in [1.29, 1.82) is 0 Å². The normalized spacial score (nSPS) is 18.4. The molecule has 3 heterocycles. The van der Waals surface area contributed by atoms with Crippen molar-refractivity contribution in [2.24, 2.45) is 5.10 Å². The van der Waals surface area contributed by atoms with Crippen LogP contribution in [0.5, 0.6) is 5.75 Å². The summed E-state index contributed by atoms with van der Waals surface area (Å²) in [5, 5.41) is 13.7. The highest BCUT2D eigenvalue weighted by molar-refractivity contribution is 7.99. The van der Waals surface area contributed by atoms with E-state index in [1.54, 1.807) is 22.9 Å². The van der Waals surface area contributed by atoms with Crippen LogP contribution in [0.25, 0.3) is 11.4 Å². The fourth-order valence-corrected chi connectivity index (χ4v) is 4.21. The molecular formula is C21H19FN4O2S. The van der Waals surface area contributed by atoms with Crippen LogP contribution in [0.2, 0.25) is 0 Å². The molecule has 29 heavy (non-hydrogen) atoms. The summed E-state index contributed by atoms with van der Waals surface area (Å²) in [6.45, 7) is 3.39. The molecule has 1 aromatic heterocycles.